The van der Waals surface area contributed by atoms with Crippen molar-refractivity contribution >= 4 is 5.96 Å². The highest BCUT2D eigenvalue weighted by Gasteiger charge is 2.21. The Hall–Kier alpha value is -0.810. The van der Waals surface area contributed by atoms with Gasteiger partial charge in [0.1, 0.15) is 0 Å². The summed E-state index contributed by atoms with van der Waals surface area (Å²) in [5.41, 5.74) is 0. The van der Waals surface area contributed by atoms with Gasteiger partial charge in [0.2, 0.25) is 0 Å². The molecule has 0 radical (unpaired) electrons. The summed E-state index contributed by atoms with van der Waals surface area (Å²) in [6, 6.07) is 1.23. The summed E-state index contributed by atoms with van der Waals surface area (Å²) in [5.74, 6) is 1.63. The number of hydrogen-bond donors (Lipinski definition) is 2. The summed E-state index contributed by atoms with van der Waals surface area (Å²) >= 11 is 0. The molecular weight excluding hydrogens is 298 g/mol. The second-order valence-corrected chi connectivity index (χ2v) is 7.88. The minimum Gasteiger partial charge on any atom is -0.357 e. The lowest BCUT2D eigenvalue weighted by Gasteiger charge is -2.35. The minimum atomic E-state index is 0.562. The SMILES string of the molecule is CCNC(=NCC(C)CN1CCCC1)NC1CCN(C(C)C)CC1. The number of aliphatic imine (C=N–C) groups is 1. The van der Waals surface area contributed by atoms with E-state index >= 15 is 0 Å². The molecule has 0 amide bonds. The molecule has 2 aliphatic rings. The molecule has 140 valence electrons. The zero-order valence-corrected chi connectivity index (χ0v) is 16.4. The lowest BCUT2D eigenvalue weighted by atomic mass is 10.0. The smallest absolute Gasteiger partial charge is 0.191 e. The van der Waals surface area contributed by atoms with E-state index in [0.29, 0.717) is 18.0 Å². The van der Waals surface area contributed by atoms with Crippen LogP contribution >= 0.6 is 0 Å². The van der Waals surface area contributed by atoms with Crippen molar-refractivity contribution in [1.29, 1.82) is 0 Å². The molecule has 0 aromatic carbocycles. The molecule has 0 aromatic rings. The van der Waals surface area contributed by atoms with E-state index in [2.05, 4.69) is 48.1 Å². The quantitative estimate of drug-likeness (QED) is 0.552. The van der Waals surface area contributed by atoms with Crippen molar-refractivity contribution < 1.29 is 0 Å². The van der Waals surface area contributed by atoms with Gasteiger partial charge in [0.05, 0.1) is 0 Å². The number of nitrogens with zero attached hydrogens (tertiary/aromatic N) is 3. The number of piperidine rings is 1. The summed E-state index contributed by atoms with van der Waals surface area (Å²) in [7, 11) is 0. The van der Waals surface area contributed by atoms with Crippen molar-refractivity contribution in [2.45, 2.75) is 65.5 Å². The van der Waals surface area contributed by atoms with Crippen LogP contribution in [-0.2, 0) is 0 Å². The first-order valence-corrected chi connectivity index (χ1v) is 10.1. The van der Waals surface area contributed by atoms with E-state index < -0.39 is 0 Å². The molecule has 0 aromatic heterocycles. The zero-order chi connectivity index (χ0) is 17.4. The van der Waals surface area contributed by atoms with Gasteiger partial charge in [-0.1, -0.05) is 6.92 Å². The highest BCUT2D eigenvalue weighted by molar-refractivity contribution is 5.80. The zero-order valence-electron chi connectivity index (χ0n) is 16.4. The van der Waals surface area contributed by atoms with Gasteiger partial charge in [-0.2, -0.15) is 0 Å². The largest absolute Gasteiger partial charge is 0.357 e. The van der Waals surface area contributed by atoms with E-state index in [1.165, 1.54) is 58.4 Å². The Kier molecular flexibility index (Phi) is 8.33. The first-order chi connectivity index (χ1) is 11.6. The Morgan fingerprint density at radius 2 is 1.75 bits per heavy atom. The molecule has 2 fully saturated rings. The second-order valence-electron chi connectivity index (χ2n) is 7.88. The van der Waals surface area contributed by atoms with Gasteiger partial charge in [0, 0.05) is 44.8 Å². The lowest BCUT2D eigenvalue weighted by Crippen LogP contribution is -2.50. The Labute approximate surface area is 149 Å². The van der Waals surface area contributed by atoms with Crippen molar-refractivity contribution in [3.05, 3.63) is 0 Å². The van der Waals surface area contributed by atoms with Gasteiger partial charge in [0.15, 0.2) is 5.96 Å². The molecule has 0 aliphatic carbocycles. The predicted octanol–water partition coefficient (Wildman–Crippen LogP) is 2.15. The fourth-order valence-electron chi connectivity index (χ4n) is 3.78. The minimum absolute atomic E-state index is 0.562. The maximum Gasteiger partial charge on any atom is 0.191 e. The topological polar surface area (TPSA) is 42.9 Å². The molecule has 5 nitrogen and oxygen atoms in total. The third-order valence-electron chi connectivity index (χ3n) is 5.27. The number of rotatable bonds is 7. The van der Waals surface area contributed by atoms with Gasteiger partial charge in [-0.3, -0.25) is 4.99 Å². The average Bonchev–Trinajstić information content (AvgIpc) is 3.06. The van der Waals surface area contributed by atoms with Crippen molar-refractivity contribution in [2.24, 2.45) is 10.9 Å². The molecule has 0 bridgehead atoms. The first-order valence-electron chi connectivity index (χ1n) is 10.1. The fraction of sp³-hybridized carbons (Fsp3) is 0.947. The monoisotopic (exact) mass is 337 g/mol. The average molecular weight is 338 g/mol. The normalized spacial score (nSPS) is 23.0. The summed E-state index contributed by atoms with van der Waals surface area (Å²) in [6.45, 7) is 17.0. The van der Waals surface area contributed by atoms with E-state index in [-0.39, 0.29) is 0 Å². The second kappa shape index (κ2) is 10.2. The van der Waals surface area contributed by atoms with Crippen molar-refractivity contribution in [3.63, 3.8) is 0 Å². The molecule has 2 aliphatic heterocycles. The van der Waals surface area contributed by atoms with Gasteiger partial charge in [-0.05, 0) is 65.5 Å². The molecular formula is C19H39N5. The van der Waals surface area contributed by atoms with Crippen LogP contribution in [0.25, 0.3) is 0 Å². The molecule has 0 spiro atoms. The van der Waals surface area contributed by atoms with Crippen LogP contribution in [0.4, 0.5) is 0 Å². The molecule has 5 heteroatoms. The van der Waals surface area contributed by atoms with Gasteiger partial charge < -0.3 is 20.4 Å². The van der Waals surface area contributed by atoms with Crippen LogP contribution in [0.5, 0.6) is 0 Å². The Morgan fingerprint density at radius 1 is 1.08 bits per heavy atom. The third kappa shape index (κ3) is 6.60. The van der Waals surface area contributed by atoms with Crippen LogP contribution in [0.1, 0.15) is 53.4 Å². The summed E-state index contributed by atoms with van der Waals surface area (Å²) in [6.07, 6.45) is 5.17. The number of guanidine groups is 1. The van der Waals surface area contributed by atoms with Crippen LogP contribution in [-0.4, -0.2) is 73.7 Å². The maximum absolute atomic E-state index is 4.86. The van der Waals surface area contributed by atoms with Crippen molar-refractivity contribution in [3.8, 4) is 0 Å². The summed E-state index contributed by atoms with van der Waals surface area (Å²) in [4.78, 5) is 10.0. The van der Waals surface area contributed by atoms with Crippen molar-refractivity contribution in [2.75, 3.05) is 45.8 Å². The predicted molar refractivity (Wildman–Crippen MR) is 104 cm³/mol. The number of hydrogen-bond acceptors (Lipinski definition) is 3. The highest BCUT2D eigenvalue weighted by atomic mass is 15.2. The maximum atomic E-state index is 4.86. The Bertz CT molecular complexity index is 368. The summed E-state index contributed by atoms with van der Waals surface area (Å²) < 4.78 is 0. The molecule has 24 heavy (non-hydrogen) atoms. The molecule has 0 saturated carbocycles. The van der Waals surface area contributed by atoms with Gasteiger partial charge >= 0.3 is 0 Å². The van der Waals surface area contributed by atoms with E-state index in [1.54, 1.807) is 0 Å². The van der Waals surface area contributed by atoms with Gasteiger partial charge in [0.25, 0.3) is 0 Å². The standard InChI is InChI=1S/C19H39N5/c1-5-20-19(21-14-17(4)15-23-10-6-7-11-23)22-18-8-12-24(13-9-18)16(2)3/h16-18H,5-15H2,1-4H3,(H2,20,21,22). The Balaban J connectivity index is 1.75. The van der Waals surface area contributed by atoms with Crippen LogP contribution in [0.15, 0.2) is 4.99 Å². The van der Waals surface area contributed by atoms with Crippen LogP contribution in [0.3, 0.4) is 0 Å². The van der Waals surface area contributed by atoms with Crippen LogP contribution in [0.2, 0.25) is 0 Å². The van der Waals surface area contributed by atoms with E-state index in [1.807, 2.05) is 0 Å². The Morgan fingerprint density at radius 3 is 2.33 bits per heavy atom. The van der Waals surface area contributed by atoms with Crippen molar-refractivity contribution in [1.82, 2.24) is 20.4 Å². The molecule has 1 unspecified atom stereocenters. The number of nitrogens with one attached hydrogen (secondary N) is 2. The van der Waals surface area contributed by atoms with E-state index in [9.17, 15) is 0 Å². The van der Waals surface area contributed by atoms with Crippen LogP contribution in [0, 0.1) is 5.92 Å². The third-order valence-corrected chi connectivity index (χ3v) is 5.27. The molecule has 1 atom stereocenters. The van der Waals surface area contributed by atoms with E-state index in [4.69, 9.17) is 4.99 Å². The molecule has 2 N–H and O–H groups in total. The first kappa shape index (κ1) is 19.5. The number of likely N-dealkylation sites (tertiary alicyclic amines) is 2. The van der Waals surface area contributed by atoms with Gasteiger partial charge in [-0.25, -0.2) is 0 Å². The molecule has 2 rings (SSSR count). The molecule has 2 heterocycles. The van der Waals surface area contributed by atoms with E-state index in [0.717, 1.165) is 19.0 Å². The van der Waals surface area contributed by atoms with Crippen LogP contribution < -0.4 is 10.6 Å². The highest BCUT2D eigenvalue weighted by Crippen LogP contribution is 2.13. The van der Waals surface area contributed by atoms with Gasteiger partial charge in [-0.15, -0.1) is 0 Å². The fourth-order valence-corrected chi connectivity index (χ4v) is 3.78. The lowest BCUT2D eigenvalue weighted by molar-refractivity contribution is 0.167. The summed E-state index contributed by atoms with van der Waals surface area (Å²) in [5, 5.41) is 7.09. The molecule has 2 saturated heterocycles.